The van der Waals surface area contributed by atoms with E-state index in [4.69, 9.17) is 21.6 Å². The molecule has 1 aromatic heterocycles. The summed E-state index contributed by atoms with van der Waals surface area (Å²) < 4.78 is 0. The highest BCUT2D eigenvalue weighted by atomic mass is 35.5. The molecule has 0 aliphatic carbocycles. The van der Waals surface area contributed by atoms with Crippen LogP contribution in [-0.2, 0) is 4.79 Å². The van der Waals surface area contributed by atoms with E-state index in [1.165, 1.54) is 11.8 Å². The number of para-hydroxylation sites is 2. The summed E-state index contributed by atoms with van der Waals surface area (Å²) in [5.74, 6) is 0.124. The molecule has 2 heterocycles. The zero-order valence-electron chi connectivity index (χ0n) is 16.3. The topological polar surface area (TPSA) is 66.7 Å². The van der Waals surface area contributed by atoms with Gasteiger partial charge in [0.1, 0.15) is 0 Å². The second-order valence-electron chi connectivity index (χ2n) is 6.75. The van der Waals surface area contributed by atoms with Crippen molar-refractivity contribution in [2.75, 3.05) is 11.1 Å². The summed E-state index contributed by atoms with van der Waals surface area (Å²) in [7, 11) is 0. The van der Waals surface area contributed by atoms with Gasteiger partial charge in [-0.3, -0.25) is 9.78 Å². The molecule has 150 valence electrons. The van der Waals surface area contributed by atoms with Crippen LogP contribution in [0.5, 0.6) is 0 Å². The van der Waals surface area contributed by atoms with Crippen LogP contribution in [0.1, 0.15) is 17.7 Å². The highest BCUT2D eigenvalue weighted by Crippen LogP contribution is 2.33. The van der Waals surface area contributed by atoms with Crippen LogP contribution in [0, 0.1) is 6.92 Å². The molecule has 4 rings (SSSR count). The predicted octanol–water partition coefficient (Wildman–Crippen LogP) is 5.97. The van der Waals surface area contributed by atoms with Crippen molar-refractivity contribution in [3.63, 3.8) is 0 Å². The highest BCUT2D eigenvalue weighted by molar-refractivity contribution is 8.14. The van der Waals surface area contributed by atoms with E-state index in [9.17, 15) is 4.79 Å². The first-order valence-electron chi connectivity index (χ1n) is 9.43. The van der Waals surface area contributed by atoms with Crippen LogP contribution in [0.15, 0.2) is 76.8 Å². The Morgan fingerprint density at radius 1 is 1.07 bits per heavy atom. The van der Waals surface area contributed by atoms with Gasteiger partial charge in [0.05, 0.1) is 33.6 Å². The zero-order valence-corrected chi connectivity index (χ0v) is 17.9. The van der Waals surface area contributed by atoms with Gasteiger partial charge in [0, 0.05) is 23.3 Å². The van der Waals surface area contributed by atoms with Crippen LogP contribution in [0.25, 0.3) is 0 Å². The van der Waals surface area contributed by atoms with Gasteiger partial charge in [0.15, 0.2) is 0 Å². The maximum Gasteiger partial charge on any atom is 0.234 e. The van der Waals surface area contributed by atoms with Crippen molar-refractivity contribution in [1.29, 1.82) is 0 Å². The monoisotopic (exact) mass is 434 g/mol. The number of nitrogens with one attached hydrogen (secondary N) is 1. The molecule has 2 aromatic carbocycles. The molecule has 0 radical (unpaired) electrons. The molecule has 0 saturated carbocycles. The average molecular weight is 435 g/mol. The first-order chi connectivity index (χ1) is 14.6. The van der Waals surface area contributed by atoms with Gasteiger partial charge in [-0.25, -0.2) is 9.98 Å². The number of hydrogen-bond acceptors (Lipinski definition) is 5. The Bertz CT molecular complexity index is 1140. The molecule has 0 atom stereocenters. The van der Waals surface area contributed by atoms with Crippen LogP contribution in [0.3, 0.4) is 0 Å². The molecule has 5 nitrogen and oxygen atoms in total. The number of fused-ring (bicyclic) bond motifs is 1. The number of rotatable bonds is 4. The Morgan fingerprint density at radius 3 is 2.57 bits per heavy atom. The van der Waals surface area contributed by atoms with Crippen LogP contribution < -0.4 is 5.32 Å². The lowest BCUT2D eigenvalue weighted by molar-refractivity contribution is -0.113. The summed E-state index contributed by atoms with van der Waals surface area (Å²) in [6.07, 6.45) is 2.26. The van der Waals surface area contributed by atoms with Crippen molar-refractivity contribution in [2.45, 2.75) is 13.3 Å². The summed E-state index contributed by atoms with van der Waals surface area (Å²) in [5, 5.41) is 4.33. The Balaban J connectivity index is 1.50. The molecule has 1 aliphatic heterocycles. The fourth-order valence-electron chi connectivity index (χ4n) is 2.94. The fraction of sp³-hybridized carbons (Fsp3) is 0.130. The lowest BCUT2D eigenvalue weighted by atomic mass is 10.2. The minimum absolute atomic E-state index is 0.114. The van der Waals surface area contributed by atoms with Crippen molar-refractivity contribution in [3.05, 3.63) is 83.1 Å². The van der Waals surface area contributed by atoms with Crippen molar-refractivity contribution >= 4 is 57.1 Å². The molecule has 1 N–H and O–H groups in total. The van der Waals surface area contributed by atoms with E-state index in [-0.39, 0.29) is 11.7 Å². The van der Waals surface area contributed by atoms with Gasteiger partial charge in [-0.15, -0.1) is 11.8 Å². The van der Waals surface area contributed by atoms with Gasteiger partial charge in [-0.1, -0.05) is 35.9 Å². The first-order valence-corrected chi connectivity index (χ1v) is 10.8. The summed E-state index contributed by atoms with van der Waals surface area (Å²) in [5.41, 5.74) is 4.87. The van der Waals surface area contributed by atoms with E-state index < -0.39 is 0 Å². The molecular weight excluding hydrogens is 416 g/mol. The summed E-state index contributed by atoms with van der Waals surface area (Å²) in [4.78, 5) is 26.4. The highest BCUT2D eigenvalue weighted by Gasteiger charge is 2.17. The second-order valence-corrected chi connectivity index (χ2v) is 8.20. The number of aromatic nitrogens is 1. The van der Waals surface area contributed by atoms with Crippen LogP contribution in [0.2, 0.25) is 5.02 Å². The van der Waals surface area contributed by atoms with Gasteiger partial charge in [0.25, 0.3) is 0 Å². The predicted molar refractivity (Wildman–Crippen MR) is 126 cm³/mol. The van der Waals surface area contributed by atoms with Crippen molar-refractivity contribution in [3.8, 4) is 0 Å². The number of benzene rings is 2. The number of hydrogen-bond donors (Lipinski definition) is 1. The second kappa shape index (κ2) is 9.24. The number of pyridine rings is 1. The third kappa shape index (κ3) is 4.96. The standard InChI is InChI=1S/C23H19ClN4OS/c1-15-9-10-16(12-17(15)24)26-22(29)14-30-23-13-21(18-6-4-5-11-25-18)27-19-7-2-3-8-20(19)28-23/h2-12H,13-14H2,1H3,(H,26,29). The van der Waals surface area contributed by atoms with E-state index >= 15 is 0 Å². The van der Waals surface area contributed by atoms with Crippen molar-refractivity contribution < 1.29 is 4.79 Å². The van der Waals surface area contributed by atoms with Gasteiger partial charge in [-0.2, -0.15) is 0 Å². The molecule has 0 spiro atoms. The van der Waals surface area contributed by atoms with Gasteiger partial charge in [0.2, 0.25) is 5.91 Å². The number of carbonyl (C=O) groups is 1. The number of anilines is 1. The minimum Gasteiger partial charge on any atom is -0.325 e. The summed E-state index contributed by atoms with van der Waals surface area (Å²) in [6.45, 7) is 1.92. The Kier molecular flexibility index (Phi) is 6.26. The van der Waals surface area contributed by atoms with E-state index in [0.717, 1.165) is 33.4 Å². The Morgan fingerprint density at radius 2 is 1.83 bits per heavy atom. The number of halogens is 1. The molecular formula is C23H19ClN4OS. The third-order valence-corrected chi connectivity index (χ3v) is 5.87. The van der Waals surface area contributed by atoms with Crippen LogP contribution in [0.4, 0.5) is 17.1 Å². The Hall–Kier alpha value is -2.96. The summed E-state index contributed by atoms with van der Waals surface area (Å²) in [6, 6.07) is 19.0. The van der Waals surface area contributed by atoms with Gasteiger partial charge in [-0.05, 0) is 48.9 Å². The third-order valence-electron chi connectivity index (χ3n) is 4.49. The number of amides is 1. The molecule has 7 heteroatoms. The Labute approximate surface area is 184 Å². The molecule has 0 saturated heterocycles. The molecule has 1 amide bonds. The zero-order chi connectivity index (χ0) is 20.9. The number of aryl methyl sites for hydroxylation is 1. The van der Waals surface area contributed by atoms with Gasteiger partial charge < -0.3 is 5.32 Å². The van der Waals surface area contributed by atoms with Crippen LogP contribution in [-0.4, -0.2) is 27.4 Å². The average Bonchev–Trinajstić information content (AvgIpc) is 2.95. The number of aliphatic imine (C=N–C) groups is 2. The molecule has 30 heavy (non-hydrogen) atoms. The number of thioether (sulfide) groups is 1. The molecule has 3 aromatic rings. The maximum absolute atomic E-state index is 12.5. The maximum atomic E-state index is 12.5. The normalized spacial score (nSPS) is 13.0. The molecule has 0 bridgehead atoms. The fourth-order valence-corrected chi connectivity index (χ4v) is 3.89. The molecule has 0 fully saturated rings. The van der Waals surface area contributed by atoms with Crippen molar-refractivity contribution in [1.82, 2.24) is 4.98 Å². The van der Waals surface area contributed by atoms with E-state index in [0.29, 0.717) is 17.1 Å². The quantitative estimate of drug-likeness (QED) is 0.550. The summed E-state index contributed by atoms with van der Waals surface area (Å²) >= 11 is 7.55. The lowest BCUT2D eigenvalue weighted by Crippen LogP contribution is -2.16. The van der Waals surface area contributed by atoms with E-state index in [2.05, 4.69) is 10.3 Å². The molecule has 0 unspecified atom stereocenters. The first kappa shape index (κ1) is 20.3. The van der Waals surface area contributed by atoms with Crippen molar-refractivity contribution in [2.24, 2.45) is 9.98 Å². The SMILES string of the molecule is Cc1ccc(NC(=O)CSC2=Nc3ccccc3N=C(c3ccccn3)C2)cc1Cl. The minimum atomic E-state index is -0.114. The number of nitrogens with zero attached hydrogens (tertiary/aromatic N) is 3. The van der Waals surface area contributed by atoms with E-state index in [1.807, 2.05) is 61.5 Å². The smallest absolute Gasteiger partial charge is 0.234 e. The lowest BCUT2D eigenvalue weighted by Gasteiger charge is -2.08. The largest absolute Gasteiger partial charge is 0.325 e. The van der Waals surface area contributed by atoms with Crippen LogP contribution >= 0.6 is 23.4 Å². The molecule has 1 aliphatic rings. The van der Waals surface area contributed by atoms with E-state index in [1.54, 1.807) is 12.3 Å². The van der Waals surface area contributed by atoms with Gasteiger partial charge >= 0.3 is 0 Å². The number of carbonyl (C=O) groups excluding carboxylic acids is 1.